The number of aryl methyl sites for hydroxylation is 2. The van der Waals surface area contributed by atoms with Crippen LogP contribution in [0.5, 0.6) is 0 Å². The normalized spacial score (nSPS) is 11.6. The van der Waals surface area contributed by atoms with Crippen LogP contribution in [0.3, 0.4) is 0 Å². The van der Waals surface area contributed by atoms with Gasteiger partial charge in [0.05, 0.1) is 11.7 Å². The molecular formula is C19H19N5O2. The average molecular weight is 349 g/mol. The Morgan fingerprint density at radius 2 is 1.96 bits per heavy atom. The summed E-state index contributed by atoms with van der Waals surface area (Å²) in [6, 6.07) is 12.3. The molecule has 3 rings (SSSR count). The van der Waals surface area contributed by atoms with Crippen LogP contribution in [0.1, 0.15) is 22.9 Å². The van der Waals surface area contributed by atoms with Crippen molar-refractivity contribution in [2.75, 3.05) is 5.32 Å². The number of hydrogen-bond donors (Lipinski definition) is 2. The summed E-state index contributed by atoms with van der Waals surface area (Å²) in [5.41, 5.74) is 2.28. The number of urea groups is 1. The zero-order chi connectivity index (χ0) is 18.5. The quantitative estimate of drug-likeness (QED) is 0.757. The van der Waals surface area contributed by atoms with E-state index in [1.165, 1.54) is 17.0 Å². The molecule has 0 fully saturated rings. The van der Waals surface area contributed by atoms with Crippen molar-refractivity contribution in [1.29, 1.82) is 0 Å². The highest BCUT2D eigenvalue weighted by Crippen LogP contribution is 2.21. The van der Waals surface area contributed by atoms with Crippen LogP contribution in [0.25, 0.3) is 0 Å². The summed E-state index contributed by atoms with van der Waals surface area (Å²) in [5, 5.41) is 5.38. The molecule has 2 N–H and O–H groups in total. The number of carbonyl (C=O) groups is 1. The molecule has 2 heterocycles. The first-order valence-corrected chi connectivity index (χ1v) is 8.11. The molecule has 0 aliphatic rings. The van der Waals surface area contributed by atoms with E-state index >= 15 is 0 Å². The van der Waals surface area contributed by atoms with Gasteiger partial charge in [-0.05, 0) is 24.6 Å². The van der Waals surface area contributed by atoms with E-state index in [0.717, 1.165) is 11.1 Å². The first kappa shape index (κ1) is 17.3. The second-order valence-electron chi connectivity index (χ2n) is 5.89. The summed E-state index contributed by atoms with van der Waals surface area (Å²) in [5.74, 6) is -0.0310. The van der Waals surface area contributed by atoms with Gasteiger partial charge in [-0.1, -0.05) is 35.9 Å². The lowest BCUT2D eigenvalue weighted by molar-refractivity contribution is 0.249. The highest BCUT2D eigenvalue weighted by molar-refractivity contribution is 5.88. The van der Waals surface area contributed by atoms with E-state index in [4.69, 9.17) is 0 Å². The van der Waals surface area contributed by atoms with Crippen molar-refractivity contribution in [1.82, 2.24) is 19.9 Å². The maximum atomic E-state index is 12.5. The fraction of sp³-hybridized carbons (Fsp3) is 0.158. The first-order chi connectivity index (χ1) is 12.5. The number of rotatable bonds is 4. The smallest absolute Gasteiger partial charge is 0.321 e. The van der Waals surface area contributed by atoms with Crippen molar-refractivity contribution in [2.24, 2.45) is 7.05 Å². The zero-order valence-electron chi connectivity index (χ0n) is 14.5. The number of aromatic nitrogens is 3. The molecule has 0 saturated heterocycles. The van der Waals surface area contributed by atoms with E-state index in [1.807, 2.05) is 49.4 Å². The summed E-state index contributed by atoms with van der Waals surface area (Å²) < 4.78 is 1.35. The zero-order valence-corrected chi connectivity index (χ0v) is 14.5. The molecule has 0 bridgehead atoms. The Morgan fingerprint density at radius 3 is 2.69 bits per heavy atom. The van der Waals surface area contributed by atoms with E-state index in [-0.39, 0.29) is 11.4 Å². The fourth-order valence-corrected chi connectivity index (χ4v) is 2.58. The van der Waals surface area contributed by atoms with Crippen LogP contribution in [0.2, 0.25) is 0 Å². The summed E-state index contributed by atoms with van der Waals surface area (Å²) in [7, 11) is 1.59. The molecule has 0 unspecified atom stereocenters. The SMILES string of the molecule is Cc1cccc([C@@H](NC(=O)Nc2nccn(C)c2=O)c2ccccn2)c1. The molecule has 0 aliphatic heterocycles. The predicted octanol–water partition coefficient (Wildman–Crippen LogP) is 2.39. The van der Waals surface area contributed by atoms with Gasteiger partial charge in [-0.2, -0.15) is 0 Å². The summed E-state index contributed by atoms with van der Waals surface area (Å²) >= 11 is 0. The standard InChI is InChI=1S/C19H19N5O2/c1-13-6-5-7-14(12-13)16(15-8-3-4-9-20-15)22-19(26)23-17-18(25)24(2)11-10-21-17/h3-12,16H,1-2H3,(H2,21,22,23,26)/t16-/m1/s1. The van der Waals surface area contributed by atoms with E-state index in [2.05, 4.69) is 20.6 Å². The molecule has 1 aromatic carbocycles. The molecule has 0 radical (unpaired) electrons. The van der Waals surface area contributed by atoms with Crippen LogP contribution in [0, 0.1) is 6.92 Å². The lowest BCUT2D eigenvalue weighted by atomic mass is 10.0. The van der Waals surface area contributed by atoms with Crippen LogP contribution in [-0.4, -0.2) is 20.6 Å². The Morgan fingerprint density at radius 1 is 1.12 bits per heavy atom. The van der Waals surface area contributed by atoms with Crippen LogP contribution in [0.4, 0.5) is 10.6 Å². The molecule has 1 atom stereocenters. The molecule has 7 nitrogen and oxygen atoms in total. The monoisotopic (exact) mass is 349 g/mol. The van der Waals surface area contributed by atoms with Gasteiger partial charge in [0.1, 0.15) is 0 Å². The highest BCUT2D eigenvalue weighted by Gasteiger charge is 2.19. The molecule has 132 valence electrons. The molecule has 0 spiro atoms. The minimum absolute atomic E-state index is 0.0310. The molecule has 0 saturated carbocycles. The second kappa shape index (κ2) is 7.60. The van der Waals surface area contributed by atoms with Crippen molar-refractivity contribution >= 4 is 11.8 Å². The van der Waals surface area contributed by atoms with Crippen molar-refractivity contribution in [3.8, 4) is 0 Å². The van der Waals surface area contributed by atoms with Gasteiger partial charge >= 0.3 is 6.03 Å². The average Bonchev–Trinajstić information content (AvgIpc) is 2.64. The fourth-order valence-electron chi connectivity index (χ4n) is 2.58. The number of nitrogens with zero attached hydrogens (tertiary/aromatic N) is 3. The van der Waals surface area contributed by atoms with E-state index in [9.17, 15) is 9.59 Å². The molecule has 0 aliphatic carbocycles. The number of anilines is 1. The second-order valence-corrected chi connectivity index (χ2v) is 5.89. The van der Waals surface area contributed by atoms with Crippen molar-refractivity contribution in [2.45, 2.75) is 13.0 Å². The van der Waals surface area contributed by atoms with E-state index in [0.29, 0.717) is 5.69 Å². The van der Waals surface area contributed by atoms with Gasteiger partial charge < -0.3 is 9.88 Å². The lowest BCUT2D eigenvalue weighted by Crippen LogP contribution is -2.36. The molecule has 2 amide bonds. The Hall–Kier alpha value is -3.48. The Balaban J connectivity index is 1.87. The van der Waals surface area contributed by atoms with E-state index < -0.39 is 12.1 Å². The molecule has 26 heavy (non-hydrogen) atoms. The number of pyridine rings is 1. The van der Waals surface area contributed by atoms with Gasteiger partial charge in [0.2, 0.25) is 5.82 Å². The lowest BCUT2D eigenvalue weighted by Gasteiger charge is -2.19. The third-order valence-corrected chi connectivity index (χ3v) is 3.88. The number of hydrogen-bond acceptors (Lipinski definition) is 4. The highest BCUT2D eigenvalue weighted by atomic mass is 16.2. The molecule has 7 heteroatoms. The maximum Gasteiger partial charge on any atom is 0.321 e. The topological polar surface area (TPSA) is 88.9 Å². The molecule has 2 aromatic heterocycles. The minimum Gasteiger partial charge on any atom is -0.325 e. The van der Waals surface area contributed by atoms with Crippen molar-refractivity contribution in [3.05, 3.63) is 88.2 Å². The summed E-state index contributed by atoms with van der Waals surface area (Å²) in [6.07, 6.45) is 4.65. The largest absolute Gasteiger partial charge is 0.325 e. The van der Waals surface area contributed by atoms with Gasteiger partial charge in [-0.3, -0.25) is 15.1 Å². The molecular weight excluding hydrogens is 330 g/mol. The van der Waals surface area contributed by atoms with Crippen molar-refractivity contribution in [3.63, 3.8) is 0 Å². The van der Waals surface area contributed by atoms with Gasteiger partial charge in [0, 0.05) is 25.6 Å². The molecule has 3 aromatic rings. The summed E-state index contributed by atoms with van der Waals surface area (Å²) in [6.45, 7) is 1.98. The number of carbonyl (C=O) groups excluding carboxylic acids is 1. The minimum atomic E-state index is -0.530. The maximum absolute atomic E-state index is 12.5. The van der Waals surface area contributed by atoms with Crippen LogP contribution >= 0.6 is 0 Å². The first-order valence-electron chi connectivity index (χ1n) is 8.11. The van der Waals surface area contributed by atoms with Crippen LogP contribution in [0.15, 0.2) is 65.8 Å². The van der Waals surface area contributed by atoms with Crippen molar-refractivity contribution < 1.29 is 4.79 Å². The Bertz CT molecular complexity index is 969. The predicted molar refractivity (Wildman–Crippen MR) is 98.9 cm³/mol. The summed E-state index contributed by atoms with van der Waals surface area (Å²) in [4.78, 5) is 32.8. The number of benzene rings is 1. The van der Waals surface area contributed by atoms with Gasteiger partial charge in [0.15, 0.2) is 0 Å². The Labute approximate surface area is 150 Å². The van der Waals surface area contributed by atoms with Crippen LogP contribution < -0.4 is 16.2 Å². The van der Waals surface area contributed by atoms with Gasteiger partial charge in [-0.25, -0.2) is 9.78 Å². The number of amides is 2. The van der Waals surface area contributed by atoms with Crippen LogP contribution in [-0.2, 0) is 7.05 Å². The van der Waals surface area contributed by atoms with E-state index in [1.54, 1.807) is 13.2 Å². The van der Waals surface area contributed by atoms with Gasteiger partial charge in [0.25, 0.3) is 5.56 Å². The third-order valence-electron chi connectivity index (χ3n) is 3.88. The Kier molecular flexibility index (Phi) is 5.07. The number of nitrogens with one attached hydrogen (secondary N) is 2. The third kappa shape index (κ3) is 3.94. The van der Waals surface area contributed by atoms with Gasteiger partial charge in [-0.15, -0.1) is 0 Å².